The first-order valence-electron chi connectivity index (χ1n) is 8.60. The molecule has 1 N–H and O–H groups in total. The van der Waals surface area contributed by atoms with Gasteiger partial charge in [0.25, 0.3) is 0 Å². The largest absolute Gasteiger partial charge is 0.337 e. The molecule has 0 unspecified atom stereocenters. The Kier molecular flexibility index (Phi) is 4.64. The monoisotopic (exact) mass is 450 g/mol. The molecule has 3 aromatic carbocycles. The fourth-order valence-electron chi connectivity index (χ4n) is 2.97. The average molecular weight is 450 g/mol. The lowest BCUT2D eigenvalue weighted by Crippen LogP contribution is -1.84. The average Bonchev–Trinajstić information content (AvgIpc) is 3.09. The number of benzene rings is 3. The molecule has 1 heterocycles. The van der Waals surface area contributed by atoms with Crippen molar-refractivity contribution in [3.05, 3.63) is 87.5 Å². The van der Waals surface area contributed by atoms with Gasteiger partial charge in [-0.2, -0.15) is 0 Å². The zero-order chi connectivity index (χ0) is 18.1. The lowest BCUT2D eigenvalue weighted by atomic mass is 10.0. The van der Waals surface area contributed by atoms with Gasteiger partial charge in [0.2, 0.25) is 0 Å². The van der Waals surface area contributed by atoms with Crippen LogP contribution in [0.3, 0.4) is 0 Å². The maximum atomic E-state index is 4.95. The number of halogens is 1. The first-order chi connectivity index (χ1) is 12.6. The number of imidazole rings is 1. The third-order valence-corrected chi connectivity index (χ3v) is 5.21. The van der Waals surface area contributed by atoms with Crippen LogP contribution >= 0.6 is 22.6 Å². The fraction of sp³-hybridized carbons (Fsp3) is 0.0870. The van der Waals surface area contributed by atoms with Gasteiger partial charge in [0.15, 0.2) is 0 Å². The maximum Gasteiger partial charge on any atom is 0.138 e. The van der Waals surface area contributed by atoms with Crippen LogP contribution in [0.2, 0.25) is 0 Å². The van der Waals surface area contributed by atoms with Crippen molar-refractivity contribution in [3.8, 4) is 33.9 Å². The molecule has 0 fully saturated rings. The molecular formula is C23H19IN2. The van der Waals surface area contributed by atoms with Crippen molar-refractivity contribution in [1.82, 2.24) is 9.97 Å². The van der Waals surface area contributed by atoms with E-state index in [0.717, 1.165) is 33.9 Å². The summed E-state index contributed by atoms with van der Waals surface area (Å²) in [7, 11) is 0. The molecule has 0 aliphatic heterocycles. The minimum Gasteiger partial charge on any atom is -0.337 e. The van der Waals surface area contributed by atoms with E-state index in [4.69, 9.17) is 4.98 Å². The first kappa shape index (κ1) is 17.0. The summed E-state index contributed by atoms with van der Waals surface area (Å²) in [6.07, 6.45) is 0. The molecule has 128 valence electrons. The van der Waals surface area contributed by atoms with Gasteiger partial charge in [-0.05, 0) is 48.6 Å². The molecule has 4 rings (SSSR count). The van der Waals surface area contributed by atoms with Crippen molar-refractivity contribution in [2.75, 3.05) is 0 Å². The van der Waals surface area contributed by atoms with Gasteiger partial charge in [0.1, 0.15) is 5.82 Å². The number of rotatable bonds is 3. The molecule has 1 aromatic heterocycles. The van der Waals surface area contributed by atoms with Gasteiger partial charge < -0.3 is 4.98 Å². The minimum absolute atomic E-state index is 0.896. The zero-order valence-electron chi connectivity index (χ0n) is 14.8. The molecule has 26 heavy (non-hydrogen) atoms. The Hall–Kier alpha value is -2.40. The second-order valence-electron chi connectivity index (χ2n) is 6.55. The van der Waals surface area contributed by atoms with Crippen LogP contribution in [0.5, 0.6) is 0 Å². The number of aromatic amines is 1. The van der Waals surface area contributed by atoms with E-state index < -0.39 is 0 Å². The Morgan fingerprint density at radius 2 is 1.15 bits per heavy atom. The molecule has 0 saturated heterocycles. The molecule has 3 heteroatoms. The van der Waals surface area contributed by atoms with E-state index in [1.165, 1.54) is 14.7 Å². The lowest BCUT2D eigenvalue weighted by Gasteiger charge is -2.04. The SMILES string of the molecule is Cc1ccc(-c2nc(-c3ccc(I)cc3)[nH]c2-c2ccc(C)cc2)cc1. The number of H-pyrrole nitrogens is 1. The predicted octanol–water partition coefficient (Wildman–Crippen LogP) is 6.63. The van der Waals surface area contributed by atoms with Crippen LogP contribution in [0.25, 0.3) is 33.9 Å². The third kappa shape index (κ3) is 3.44. The normalized spacial score (nSPS) is 10.9. The van der Waals surface area contributed by atoms with Crippen molar-refractivity contribution in [2.24, 2.45) is 0 Å². The van der Waals surface area contributed by atoms with Crippen LogP contribution < -0.4 is 0 Å². The van der Waals surface area contributed by atoms with Gasteiger partial charge in [-0.1, -0.05) is 71.8 Å². The summed E-state index contributed by atoms with van der Waals surface area (Å²) < 4.78 is 1.22. The smallest absolute Gasteiger partial charge is 0.138 e. The van der Waals surface area contributed by atoms with E-state index in [2.05, 4.69) is 114 Å². The van der Waals surface area contributed by atoms with Gasteiger partial charge in [-0.25, -0.2) is 4.98 Å². The second-order valence-corrected chi connectivity index (χ2v) is 7.79. The minimum atomic E-state index is 0.896. The maximum absolute atomic E-state index is 4.95. The number of nitrogens with zero attached hydrogens (tertiary/aromatic N) is 1. The van der Waals surface area contributed by atoms with E-state index in [9.17, 15) is 0 Å². The van der Waals surface area contributed by atoms with E-state index in [0.29, 0.717) is 0 Å². The molecule has 0 saturated carbocycles. The number of hydrogen-bond donors (Lipinski definition) is 1. The van der Waals surface area contributed by atoms with Crippen molar-refractivity contribution in [3.63, 3.8) is 0 Å². The number of aromatic nitrogens is 2. The van der Waals surface area contributed by atoms with Crippen LogP contribution in [0.15, 0.2) is 72.8 Å². The molecule has 2 nitrogen and oxygen atoms in total. The Labute approximate surface area is 167 Å². The Morgan fingerprint density at radius 1 is 0.654 bits per heavy atom. The fourth-order valence-corrected chi connectivity index (χ4v) is 3.33. The second kappa shape index (κ2) is 7.08. The summed E-state index contributed by atoms with van der Waals surface area (Å²) in [5, 5.41) is 0. The Morgan fingerprint density at radius 3 is 1.73 bits per heavy atom. The molecule has 0 aliphatic rings. The van der Waals surface area contributed by atoms with Gasteiger partial charge in [0, 0.05) is 20.3 Å². The predicted molar refractivity (Wildman–Crippen MR) is 117 cm³/mol. The first-order valence-corrected chi connectivity index (χ1v) is 9.68. The standard InChI is InChI=1S/C23H19IN2/c1-15-3-7-17(8-4-15)21-22(18-9-5-16(2)6-10-18)26-23(25-21)19-11-13-20(24)14-12-19/h3-14H,1-2H3,(H,25,26). The van der Waals surface area contributed by atoms with Gasteiger partial charge in [-0.3, -0.25) is 0 Å². The number of nitrogens with one attached hydrogen (secondary N) is 1. The molecule has 0 spiro atoms. The van der Waals surface area contributed by atoms with Crippen LogP contribution in [-0.2, 0) is 0 Å². The molecule has 0 aliphatic carbocycles. The quantitative estimate of drug-likeness (QED) is 0.349. The zero-order valence-corrected chi connectivity index (χ0v) is 16.9. The highest BCUT2D eigenvalue weighted by atomic mass is 127. The highest BCUT2D eigenvalue weighted by Crippen LogP contribution is 2.33. The summed E-state index contributed by atoms with van der Waals surface area (Å²) in [5.74, 6) is 0.896. The molecule has 0 atom stereocenters. The van der Waals surface area contributed by atoms with Gasteiger partial charge in [-0.15, -0.1) is 0 Å². The van der Waals surface area contributed by atoms with Gasteiger partial charge in [0.05, 0.1) is 11.4 Å². The lowest BCUT2D eigenvalue weighted by molar-refractivity contribution is 1.31. The number of hydrogen-bond acceptors (Lipinski definition) is 1. The van der Waals surface area contributed by atoms with Crippen molar-refractivity contribution in [1.29, 1.82) is 0 Å². The highest BCUT2D eigenvalue weighted by Gasteiger charge is 2.15. The molecule has 0 amide bonds. The highest BCUT2D eigenvalue weighted by molar-refractivity contribution is 14.1. The van der Waals surface area contributed by atoms with Crippen molar-refractivity contribution >= 4 is 22.6 Å². The van der Waals surface area contributed by atoms with Crippen LogP contribution in [0.1, 0.15) is 11.1 Å². The topological polar surface area (TPSA) is 28.7 Å². The molecule has 0 radical (unpaired) electrons. The van der Waals surface area contributed by atoms with Crippen LogP contribution in [0, 0.1) is 17.4 Å². The third-order valence-electron chi connectivity index (χ3n) is 4.49. The van der Waals surface area contributed by atoms with Gasteiger partial charge >= 0.3 is 0 Å². The summed E-state index contributed by atoms with van der Waals surface area (Å²) in [4.78, 5) is 8.50. The molecule has 4 aromatic rings. The van der Waals surface area contributed by atoms with E-state index >= 15 is 0 Å². The van der Waals surface area contributed by atoms with Crippen LogP contribution in [-0.4, -0.2) is 9.97 Å². The Balaban J connectivity index is 1.88. The van der Waals surface area contributed by atoms with Crippen LogP contribution in [0.4, 0.5) is 0 Å². The summed E-state index contributed by atoms with van der Waals surface area (Å²) in [6.45, 7) is 4.21. The summed E-state index contributed by atoms with van der Waals surface area (Å²) in [6, 6.07) is 25.6. The van der Waals surface area contributed by atoms with E-state index in [1.807, 2.05) is 0 Å². The Bertz CT molecular complexity index is 964. The summed E-state index contributed by atoms with van der Waals surface area (Å²) in [5.41, 5.74) is 7.92. The molecular weight excluding hydrogens is 431 g/mol. The van der Waals surface area contributed by atoms with E-state index in [1.54, 1.807) is 0 Å². The van der Waals surface area contributed by atoms with E-state index in [-0.39, 0.29) is 0 Å². The molecule has 0 bridgehead atoms. The summed E-state index contributed by atoms with van der Waals surface area (Å²) >= 11 is 2.32. The van der Waals surface area contributed by atoms with Crippen molar-refractivity contribution in [2.45, 2.75) is 13.8 Å². The van der Waals surface area contributed by atoms with Crippen molar-refractivity contribution < 1.29 is 0 Å². The number of aryl methyl sites for hydroxylation is 2.